The zero-order valence-electron chi connectivity index (χ0n) is 14.7. The minimum absolute atomic E-state index is 0.00584. The lowest BCUT2D eigenvalue weighted by atomic mass is 10.0. The lowest BCUT2D eigenvalue weighted by molar-refractivity contribution is -0.169. The van der Waals surface area contributed by atoms with Gasteiger partial charge in [0.15, 0.2) is 5.79 Å². The molecule has 0 radical (unpaired) electrons. The van der Waals surface area contributed by atoms with Crippen molar-refractivity contribution >= 4 is 11.7 Å². The van der Waals surface area contributed by atoms with Gasteiger partial charge in [0.05, 0.1) is 25.6 Å². The number of hydrogen-bond donors (Lipinski definition) is 0. The van der Waals surface area contributed by atoms with E-state index in [0.29, 0.717) is 18.9 Å². The number of hydrogen-bond acceptors (Lipinski definition) is 6. The van der Waals surface area contributed by atoms with E-state index in [-0.39, 0.29) is 11.7 Å². The Labute approximate surface area is 148 Å². The maximum Gasteiger partial charge on any atom is 0.274 e. The van der Waals surface area contributed by atoms with Gasteiger partial charge in [-0.3, -0.25) is 4.79 Å². The molecule has 4 rings (SSSR count). The van der Waals surface area contributed by atoms with Crippen molar-refractivity contribution < 1.29 is 14.3 Å². The van der Waals surface area contributed by atoms with Crippen LogP contribution in [0.2, 0.25) is 0 Å². The highest BCUT2D eigenvalue weighted by Gasteiger charge is 2.40. The molecule has 7 nitrogen and oxygen atoms in total. The van der Waals surface area contributed by atoms with Crippen LogP contribution in [0, 0.1) is 0 Å². The fourth-order valence-electron chi connectivity index (χ4n) is 3.89. The van der Waals surface area contributed by atoms with E-state index in [9.17, 15) is 4.79 Å². The van der Waals surface area contributed by atoms with Crippen molar-refractivity contribution in [1.29, 1.82) is 0 Å². The summed E-state index contributed by atoms with van der Waals surface area (Å²) in [5.41, 5.74) is 0.446. The van der Waals surface area contributed by atoms with Crippen molar-refractivity contribution in [1.82, 2.24) is 14.9 Å². The summed E-state index contributed by atoms with van der Waals surface area (Å²) in [4.78, 5) is 25.6. The molecule has 0 N–H and O–H groups in total. The highest BCUT2D eigenvalue weighted by molar-refractivity contribution is 5.92. The first kappa shape index (κ1) is 16.7. The monoisotopic (exact) mass is 346 g/mol. The summed E-state index contributed by atoms with van der Waals surface area (Å²) in [6.45, 7) is 4.69. The molecule has 4 heterocycles. The molecule has 3 aliphatic heterocycles. The zero-order valence-corrected chi connectivity index (χ0v) is 14.7. The Kier molecular flexibility index (Phi) is 4.85. The first-order chi connectivity index (χ1) is 12.3. The van der Waals surface area contributed by atoms with Crippen LogP contribution in [0.25, 0.3) is 0 Å². The largest absolute Gasteiger partial charge is 0.355 e. The van der Waals surface area contributed by atoms with E-state index < -0.39 is 0 Å². The first-order valence-electron chi connectivity index (χ1n) is 9.40. The van der Waals surface area contributed by atoms with E-state index in [0.717, 1.165) is 57.7 Å². The van der Waals surface area contributed by atoms with Gasteiger partial charge >= 0.3 is 0 Å². The van der Waals surface area contributed by atoms with E-state index in [4.69, 9.17) is 9.47 Å². The average Bonchev–Trinajstić information content (AvgIpc) is 2.94. The predicted molar refractivity (Wildman–Crippen MR) is 92.5 cm³/mol. The summed E-state index contributed by atoms with van der Waals surface area (Å²) < 4.78 is 11.5. The Morgan fingerprint density at radius 3 is 2.20 bits per heavy atom. The molecule has 1 aromatic heterocycles. The second-order valence-electron chi connectivity index (χ2n) is 7.06. The molecule has 1 aromatic rings. The minimum atomic E-state index is -0.382. The normalized spacial score (nSPS) is 23.7. The number of anilines is 1. The Balaban J connectivity index is 1.37. The van der Waals surface area contributed by atoms with Crippen LogP contribution in [0.1, 0.15) is 49.0 Å². The quantitative estimate of drug-likeness (QED) is 0.814. The van der Waals surface area contributed by atoms with E-state index in [1.807, 2.05) is 4.90 Å². The van der Waals surface area contributed by atoms with Gasteiger partial charge in [-0.05, 0) is 12.8 Å². The summed E-state index contributed by atoms with van der Waals surface area (Å²) >= 11 is 0. The maximum absolute atomic E-state index is 12.6. The van der Waals surface area contributed by atoms with Crippen molar-refractivity contribution in [3.05, 3.63) is 18.1 Å². The molecule has 0 aromatic carbocycles. The van der Waals surface area contributed by atoms with Crippen LogP contribution in [0.5, 0.6) is 0 Å². The van der Waals surface area contributed by atoms with E-state index in [1.165, 1.54) is 12.8 Å². The van der Waals surface area contributed by atoms with Gasteiger partial charge in [-0.1, -0.05) is 12.8 Å². The molecule has 0 atom stereocenters. The lowest BCUT2D eigenvalue weighted by Crippen LogP contribution is -2.45. The van der Waals surface area contributed by atoms with Gasteiger partial charge in [0.2, 0.25) is 0 Å². The van der Waals surface area contributed by atoms with Gasteiger partial charge in [-0.25, -0.2) is 9.97 Å². The predicted octanol–water partition coefficient (Wildman–Crippen LogP) is 1.84. The number of likely N-dealkylation sites (tertiary alicyclic amines) is 1. The number of piperidine rings is 1. The molecule has 3 saturated heterocycles. The molecule has 0 saturated carbocycles. The van der Waals surface area contributed by atoms with Crippen LogP contribution in [-0.2, 0) is 9.47 Å². The second kappa shape index (κ2) is 7.25. The van der Waals surface area contributed by atoms with Gasteiger partial charge in [-0.2, -0.15) is 0 Å². The van der Waals surface area contributed by atoms with Gasteiger partial charge < -0.3 is 19.3 Å². The van der Waals surface area contributed by atoms with Crippen molar-refractivity contribution in [3.8, 4) is 0 Å². The van der Waals surface area contributed by atoms with E-state index in [1.54, 1.807) is 12.4 Å². The van der Waals surface area contributed by atoms with Crippen molar-refractivity contribution in [2.75, 3.05) is 44.3 Å². The second-order valence-corrected chi connectivity index (χ2v) is 7.06. The van der Waals surface area contributed by atoms with Crippen molar-refractivity contribution in [2.45, 2.75) is 44.3 Å². The Hall–Kier alpha value is -1.73. The summed E-state index contributed by atoms with van der Waals surface area (Å²) in [6, 6.07) is 0. The third-order valence-electron chi connectivity index (χ3n) is 5.41. The van der Waals surface area contributed by atoms with E-state index >= 15 is 0 Å². The highest BCUT2D eigenvalue weighted by Crippen LogP contribution is 2.32. The number of carbonyl (C=O) groups excluding carboxylic acids is 1. The van der Waals surface area contributed by atoms with Crippen molar-refractivity contribution in [2.24, 2.45) is 0 Å². The fraction of sp³-hybridized carbons (Fsp3) is 0.722. The molecule has 3 aliphatic rings. The summed E-state index contributed by atoms with van der Waals surface area (Å²) in [6.07, 6.45) is 9.59. The number of carbonyl (C=O) groups is 1. The Bertz CT molecular complexity index is 583. The van der Waals surface area contributed by atoms with Gasteiger partial charge in [0.25, 0.3) is 5.91 Å². The van der Waals surface area contributed by atoms with E-state index in [2.05, 4.69) is 14.9 Å². The van der Waals surface area contributed by atoms with Crippen LogP contribution in [0.4, 0.5) is 5.82 Å². The molecular weight excluding hydrogens is 320 g/mol. The zero-order chi connectivity index (χ0) is 17.1. The van der Waals surface area contributed by atoms with Crippen LogP contribution < -0.4 is 4.90 Å². The molecule has 0 unspecified atom stereocenters. The molecule has 136 valence electrons. The standard InChI is InChI=1S/C18H26N4O3/c23-17(22-7-3-1-2-4-8-22)15-13-20-16(14-19-15)21-9-5-18(6-10-21)24-11-12-25-18/h13-14H,1-12H2. The minimum Gasteiger partial charge on any atom is -0.355 e. The van der Waals surface area contributed by atoms with Crippen LogP contribution >= 0.6 is 0 Å². The maximum atomic E-state index is 12.6. The molecule has 1 amide bonds. The number of ether oxygens (including phenoxy) is 2. The van der Waals surface area contributed by atoms with Crippen LogP contribution in [0.3, 0.4) is 0 Å². The third-order valence-corrected chi connectivity index (χ3v) is 5.41. The van der Waals surface area contributed by atoms with Gasteiger partial charge in [0.1, 0.15) is 11.5 Å². The smallest absolute Gasteiger partial charge is 0.274 e. The molecule has 7 heteroatoms. The summed E-state index contributed by atoms with van der Waals surface area (Å²) in [5, 5.41) is 0. The highest BCUT2D eigenvalue weighted by atomic mass is 16.7. The fourth-order valence-corrected chi connectivity index (χ4v) is 3.89. The lowest BCUT2D eigenvalue weighted by Gasteiger charge is -2.37. The molecule has 0 bridgehead atoms. The SMILES string of the molecule is O=C(c1cnc(N2CCC3(CC2)OCCO3)cn1)N1CCCCCC1. The Morgan fingerprint density at radius 1 is 0.920 bits per heavy atom. The number of amides is 1. The Morgan fingerprint density at radius 2 is 1.60 bits per heavy atom. The molecule has 3 fully saturated rings. The number of nitrogens with zero attached hydrogens (tertiary/aromatic N) is 4. The number of aromatic nitrogens is 2. The van der Waals surface area contributed by atoms with Crippen molar-refractivity contribution in [3.63, 3.8) is 0 Å². The third kappa shape index (κ3) is 3.62. The first-order valence-corrected chi connectivity index (χ1v) is 9.40. The molecule has 1 spiro atoms. The topological polar surface area (TPSA) is 67.8 Å². The van der Waals surface area contributed by atoms with Crippen LogP contribution in [0.15, 0.2) is 12.4 Å². The summed E-state index contributed by atoms with van der Waals surface area (Å²) in [7, 11) is 0. The van der Waals surface area contributed by atoms with Gasteiger partial charge in [-0.15, -0.1) is 0 Å². The van der Waals surface area contributed by atoms with Gasteiger partial charge in [0, 0.05) is 39.0 Å². The number of rotatable bonds is 2. The molecular formula is C18H26N4O3. The summed E-state index contributed by atoms with van der Waals surface area (Å²) in [5.74, 6) is 0.443. The average molecular weight is 346 g/mol. The van der Waals surface area contributed by atoms with Crippen LogP contribution in [-0.4, -0.2) is 66.0 Å². The molecule has 0 aliphatic carbocycles. The molecule has 25 heavy (non-hydrogen) atoms.